The lowest BCUT2D eigenvalue weighted by Gasteiger charge is -2.37. The molecule has 33 heavy (non-hydrogen) atoms. The molecule has 174 valence electrons. The Morgan fingerprint density at radius 3 is 2.42 bits per heavy atom. The third-order valence-electron chi connectivity index (χ3n) is 6.68. The van der Waals surface area contributed by atoms with E-state index in [1.807, 2.05) is 42.5 Å². The van der Waals surface area contributed by atoms with E-state index in [4.69, 9.17) is 4.74 Å². The van der Waals surface area contributed by atoms with Gasteiger partial charge in [-0.3, -0.25) is 14.6 Å². The summed E-state index contributed by atoms with van der Waals surface area (Å²) < 4.78 is 5.97. The highest BCUT2D eigenvalue weighted by Crippen LogP contribution is 2.28. The maximum atomic E-state index is 12.8. The summed E-state index contributed by atoms with van der Waals surface area (Å²) >= 11 is 0. The second kappa shape index (κ2) is 10.2. The minimum Gasteiger partial charge on any atom is -0.465 e. The molecule has 0 bridgehead atoms. The molecule has 1 aromatic carbocycles. The number of benzene rings is 1. The van der Waals surface area contributed by atoms with Crippen LogP contribution >= 0.6 is 0 Å². The zero-order chi connectivity index (χ0) is 23.3. The first-order chi connectivity index (χ1) is 16.0. The normalized spacial score (nSPS) is 27.5. The maximum Gasteiger partial charge on any atom is 0.407 e. The van der Waals surface area contributed by atoms with Crippen molar-refractivity contribution < 1.29 is 19.4 Å². The first kappa shape index (κ1) is 23.0. The highest BCUT2D eigenvalue weighted by molar-refractivity contribution is 5.86. The molecule has 0 saturated carbocycles. The van der Waals surface area contributed by atoms with Crippen molar-refractivity contribution in [1.82, 2.24) is 14.7 Å². The second-order valence-electron chi connectivity index (χ2n) is 8.71. The average Bonchev–Trinajstić information content (AvgIpc) is 3.35. The largest absolute Gasteiger partial charge is 0.465 e. The van der Waals surface area contributed by atoms with Crippen molar-refractivity contribution >= 4 is 12.0 Å². The summed E-state index contributed by atoms with van der Waals surface area (Å²) in [5.74, 6) is 0.0542. The molecule has 0 unspecified atom stereocenters. The number of hydrogen-bond donors (Lipinski definition) is 1. The van der Waals surface area contributed by atoms with Gasteiger partial charge in [0.2, 0.25) is 5.91 Å². The van der Waals surface area contributed by atoms with E-state index in [1.54, 1.807) is 4.90 Å². The first-order valence-electron chi connectivity index (χ1n) is 11.5. The molecule has 4 rings (SSSR count). The molecule has 0 spiro atoms. The summed E-state index contributed by atoms with van der Waals surface area (Å²) in [6.45, 7) is 4.06. The van der Waals surface area contributed by atoms with Gasteiger partial charge >= 0.3 is 6.09 Å². The van der Waals surface area contributed by atoms with Crippen LogP contribution in [0.5, 0.6) is 0 Å². The smallest absolute Gasteiger partial charge is 0.407 e. The van der Waals surface area contributed by atoms with Crippen molar-refractivity contribution in [2.45, 2.75) is 30.4 Å². The standard InChI is InChI=1S/C25H30N4O4/c26-19-25(10-8-21(9-11-25)20-5-2-1-3-6-20)33-18-17-27-13-15-28(16-14-27)23(30)22-7-4-12-29(22)24(31)32/h1-3,5-6,8-11,21-22H,4,7,12-18H2,(H,31,32)/t21?,22-,25?/m1/s1. The molecule has 2 heterocycles. The van der Waals surface area contributed by atoms with E-state index in [0.29, 0.717) is 52.3 Å². The predicted octanol–water partition coefficient (Wildman–Crippen LogP) is 2.46. The van der Waals surface area contributed by atoms with Crippen molar-refractivity contribution in [3.8, 4) is 6.07 Å². The molecule has 2 fully saturated rings. The fourth-order valence-corrected chi connectivity index (χ4v) is 4.71. The van der Waals surface area contributed by atoms with E-state index in [2.05, 4.69) is 23.1 Å². The SMILES string of the molecule is N#CC1(OCCN2CCN(C(=O)[C@H]3CCCN3C(=O)O)CC2)C=CC(c2ccccc2)C=C1. The van der Waals surface area contributed by atoms with Gasteiger partial charge in [0.25, 0.3) is 0 Å². The van der Waals surface area contributed by atoms with Crippen LogP contribution in [-0.2, 0) is 9.53 Å². The number of carbonyl (C=O) groups is 2. The molecule has 8 nitrogen and oxygen atoms in total. The van der Waals surface area contributed by atoms with Gasteiger partial charge in [0.05, 0.1) is 6.61 Å². The molecule has 3 aliphatic rings. The molecular weight excluding hydrogens is 420 g/mol. The molecule has 0 aromatic heterocycles. The van der Waals surface area contributed by atoms with Crippen molar-refractivity contribution in [3.63, 3.8) is 0 Å². The van der Waals surface area contributed by atoms with E-state index >= 15 is 0 Å². The van der Waals surface area contributed by atoms with Crippen LogP contribution in [0.3, 0.4) is 0 Å². The van der Waals surface area contributed by atoms with Crippen molar-refractivity contribution in [3.05, 3.63) is 60.2 Å². The molecule has 1 N–H and O–H groups in total. The van der Waals surface area contributed by atoms with Gasteiger partial charge in [0.15, 0.2) is 5.60 Å². The number of ether oxygens (including phenoxy) is 1. The van der Waals surface area contributed by atoms with Gasteiger partial charge in [0, 0.05) is 45.2 Å². The number of nitrogens with zero attached hydrogens (tertiary/aromatic N) is 4. The number of likely N-dealkylation sites (tertiary alicyclic amines) is 1. The number of piperazine rings is 1. The summed E-state index contributed by atoms with van der Waals surface area (Å²) in [7, 11) is 0. The van der Waals surface area contributed by atoms with Gasteiger partial charge in [-0.1, -0.05) is 42.5 Å². The minimum atomic E-state index is -1.05. The molecule has 2 saturated heterocycles. The molecule has 1 aromatic rings. The Morgan fingerprint density at radius 1 is 1.09 bits per heavy atom. The van der Waals surface area contributed by atoms with Gasteiger partial charge in [-0.25, -0.2) is 4.79 Å². The predicted molar refractivity (Wildman–Crippen MR) is 123 cm³/mol. The number of hydrogen-bond acceptors (Lipinski definition) is 5. The Labute approximate surface area is 194 Å². The van der Waals surface area contributed by atoms with Gasteiger partial charge in [-0.05, 0) is 30.6 Å². The van der Waals surface area contributed by atoms with Crippen molar-refractivity contribution in [2.75, 3.05) is 45.9 Å². The summed E-state index contributed by atoms with van der Waals surface area (Å²) in [6.07, 6.45) is 7.98. The highest BCUT2D eigenvalue weighted by Gasteiger charge is 2.37. The van der Waals surface area contributed by atoms with Gasteiger partial charge in [-0.15, -0.1) is 0 Å². The average molecular weight is 451 g/mol. The Bertz CT molecular complexity index is 933. The second-order valence-corrected chi connectivity index (χ2v) is 8.71. The number of rotatable bonds is 6. The number of amides is 2. The van der Waals surface area contributed by atoms with Crippen LogP contribution in [0, 0.1) is 11.3 Å². The fraction of sp³-hybridized carbons (Fsp3) is 0.480. The lowest BCUT2D eigenvalue weighted by molar-refractivity contribution is -0.137. The summed E-state index contributed by atoms with van der Waals surface area (Å²) in [4.78, 5) is 29.4. The van der Waals surface area contributed by atoms with Gasteiger partial charge in [0.1, 0.15) is 12.1 Å². The molecule has 0 radical (unpaired) electrons. The maximum absolute atomic E-state index is 12.8. The Balaban J connectivity index is 1.22. The quantitative estimate of drug-likeness (QED) is 0.669. The Kier molecular flexibility index (Phi) is 7.11. The minimum absolute atomic E-state index is 0.0836. The molecule has 2 amide bonds. The summed E-state index contributed by atoms with van der Waals surface area (Å²) in [5, 5.41) is 19.0. The molecule has 8 heteroatoms. The zero-order valence-corrected chi connectivity index (χ0v) is 18.7. The topological polar surface area (TPSA) is 97.1 Å². The first-order valence-corrected chi connectivity index (χ1v) is 11.5. The number of carboxylic acid groups (broad SMARTS) is 1. The highest BCUT2D eigenvalue weighted by atomic mass is 16.5. The van der Waals surface area contributed by atoms with Crippen LogP contribution < -0.4 is 0 Å². The summed E-state index contributed by atoms with van der Waals surface area (Å²) in [5.41, 5.74) is 0.124. The van der Waals surface area contributed by atoms with E-state index in [1.165, 1.54) is 10.5 Å². The fourth-order valence-electron chi connectivity index (χ4n) is 4.71. The zero-order valence-electron chi connectivity index (χ0n) is 18.7. The van der Waals surface area contributed by atoms with Crippen LogP contribution in [0.25, 0.3) is 0 Å². The monoisotopic (exact) mass is 450 g/mol. The lowest BCUT2D eigenvalue weighted by atomic mass is 9.89. The van der Waals surface area contributed by atoms with Crippen LogP contribution in [0.4, 0.5) is 4.79 Å². The molecule has 1 atom stereocenters. The Hall–Kier alpha value is -3.15. The third kappa shape index (κ3) is 5.27. The molecular formula is C25H30N4O4. The Morgan fingerprint density at radius 2 is 1.79 bits per heavy atom. The van der Waals surface area contributed by atoms with Crippen molar-refractivity contribution in [2.24, 2.45) is 0 Å². The van der Waals surface area contributed by atoms with Crippen LogP contribution in [-0.4, -0.2) is 89.3 Å². The van der Waals surface area contributed by atoms with Gasteiger partial charge in [-0.2, -0.15) is 5.26 Å². The number of nitriles is 1. The summed E-state index contributed by atoms with van der Waals surface area (Å²) in [6, 6.07) is 11.8. The third-order valence-corrected chi connectivity index (χ3v) is 6.68. The molecule has 1 aliphatic carbocycles. The van der Waals surface area contributed by atoms with Crippen LogP contribution in [0.15, 0.2) is 54.6 Å². The van der Waals surface area contributed by atoms with Gasteiger partial charge < -0.3 is 14.7 Å². The number of carbonyl (C=O) groups excluding carboxylic acids is 1. The lowest BCUT2D eigenvalue weighted by Crippen LogP contribution is -2.54. The van der Waals surface area contributed by atoms with E-state index in [-0.39, 0.29) is 11.8 Å². The van der Waals surface area contributed by atoms with Crippen LogP contribution in [0.1, 0.15) is 24.3 Å². The molecule has 2 aliphatic heterocycles. The van der Waals surface area contributed by atoms with E-state index in [0.717, 1.165) is 6.42 Å². The number of allylic oxidation sites excluding steroid dienone is 2. The van der Waals surface area contributed by atoms with Crippen LogP contribution in [0.2, 0.25) is 0 Å². The van der Waals surface area contributed by atoms with E-state index in [9.17, 15) is 20.0 Å². The van der Waals surface area contributed by atoms with E-state index < -0.39 is 17.7 Å². The van der Waals surface area contributed by atoms with Crippen molar-refractivity contribution in [1.29, 1.82) is 5.26 Å².